The smallest absolute Gasteiger partial charge is 0.295 e. The fraction of sp³-hybridized carbons (Fsp3) is 0.267. The first-order valence-corrected chi connectivity index (χ1v) is 12.6. The number of carbonyl (C=O) groups is 2. The molecule has 2 aliphatic rings. The van der Waals surface area contributed by atoms with Crippen LogP contribution in [0.3, 0.4) is 0 Å². The van der Waals surface area contributed by atoms with Crippen LogP contribution in [-0.2, 0) is 14.3 Å². The van der Waals surface area contributed by atoms with Crippen molar-refractivity contribution in [3.63, 3.8) is 0 Å². The van der Waals surface area contributed by atoms with E-state index in [4.69, 9.17) is 14.2 Å². The molecule has 0 radical (unpaired) electrons. The van der Waals surface area contributed by atoms with Crippen LogP contribution < -0.4 is 9.47 Å². The second-order valence-corrected chi connectivity index (χ2v) is 9.17. The number of hydrogen-bond acceptors (Lipinski definition) is 7. The van der Waals surface area contributed by atoms with Crippen molar-refractivity contribution in [1.29, 1.82) is 0 Å². The minimum Gasteiger partial charge on any atom is -0.507 e. The molecular formula is C30H30N2O6. The largest absolute Gasteiger partial charge is 0.507 e. The van der Waals surface area contributed by atoms with E-state index in [0.29, 0.717) is 54.7 Å². The maximum atomic E-state index is 13.4. The van der Waals surface area contributed by atoms with Crippen molar-refractivity contribution in [3.05, 3.63) is 95.6 Å². The van der Waals surface area contributed by atoms with E-state index in [-0.39, 0.29) is 11.3 Å². The highest BCUT2D eigenvalue weighted by molar-refractivity contribution is 6.46. The molecule has 1 unspecified atom stereocenters. The third-order valence-corrected chi connectivity index (χ3v) is 6.80. The Kier molecular flexibility index (Phi) is 7.72. The number of para-hydroxylation sites is 1. The molecule has 0 bridgehead atoms. The second kappa shape index (κ2) is 11.5. The fourth-order valence-electron chi connectivity index (χ4n) is 4.83. The number of rotatable bonds is 8. The highest BCUT2D eigenvalue weighted by Crippen LogP contribution is 2.40. The Morgan fingerprint density at radius 1 is 0.895 bits per heavy atom. The number of ether oxygens (including phenoxy) is 3. The molecule has 0 aromatic heterocycles. The van der Waals surface area contributed by atoms with Crippen LogP contribution in [0.15, 0.2) is 84.4 Å². The van der Waals surface area contributed by atoms with E-state index in [1.807, 2.05) is 54.6 Å². The van der Waals surface area contributed by atoms with Gasteiger partial charge in [-0.05, 0) is 42.0 Å². The van der Waals surface area contributed by atoms with Gasteiger partial charge in [-0.3, -0.25) is 14.5 Å². The van der Waals surface area contributed by atoms with Crippen LogP contribution in [0.2, 0.25) is 0 Å². The minimum atomic E-state index is -0.776. The maximum Gasteiger partial charge on any atom is 0.295 e. The molecule has 5 rings (SSSR count). The van der Waals surface area contributed by atoms with Gasteiger partial charge >= 0.3 is 0 Å². The highest BCUT2D eigenvalue weighted by atomic mass is 16.5. The molecule has 2 saturated heterocycles. The number of morpholine rings is 1. The summed E-state index contributed by atoms with van der Waals surface area (Å²) in [5, 5.41) is 11.4. The number of carbonyl (C=O) groups excluding carboxylic acids is 2. The average molecular weight is 515 g/mol. The molecule has 1 atom stereocenters. The van der Waals surface area contributed by atoms with E-state index >= 15 is 0 Å². The molecule has 8 nitrogen and oxygen atoms in total. The standard InChI is InChI=1S/C30H30N2O6/c1-36-24-11-6-8-22(20-24)28(33)26-27(21-7-5-12-25(19-21)38-23-9-3-2-4-10-23)32(30(35)29(26)34)14-13-31-15-17-37-18-16-31/h2-12,19-20,27,33H,13-18H2,1H3/b28-26+. The number of amides is 1. The number of benzene rings is 3. The number of Topliss-reactive ketones (excluding diaryl/α,β-unsaturated/α-hetero) is 1. The van der Waals surface area contributed by atoms with Gasteiger partial charge in [0.1, 0.15) is 23.0 Å². The first-order valence-electron chi connectivity index (χ1n) is 12.6. The van der Waals surface area contributed by atoms with E-state index < -0.39 is 17.7 Å². The first kappa shape index (κ1) is 25.5. The Morgan fingerprint density at radius 3 is 2.37 bits per heavy atom. The van der Waals surface area contributed by atoms with Gasteiger partial charge in [-0.1, -0.05) is 42.5 Å². The molecule has 3 aromatic carbocycles. The molecule has 3 aromatic rings. The lowest BCUT2D eigenvalue weighted by Gasteiger charge is -2.31. The topological polar surface area (TPSA) is 88.5 Å². The van der Waals surface area contributed by atoms with Gasteiger partial charge in [-0.25, -0.2) is 0 Å². The predicted molar refractivity (Wildman–Crippen MR) is 142 cm³/mol. The van der Waals surface area contributed by atoms with Crippen LogP contribution in [0.5, 0.6) is 17.2 Å². The van der Waals surface area contributed by atoms with Gasteiger partial charge in [0, 0.05) is 31.7 Å². The molecule has 2 heterocycles. The van der Waals surface area contributed by atoms with Crippen LogP contribution >= 0.6 is 0 Å². The summed E-state index contributed by atoms with van der Waals surface area (Å²) in [6.45, 7) is 3.71. The predicted octanol–water partition coefficient (Wildman–Crippen LogP) is 4.24. The molecule has 0 spiro atoms. The molecule has 1 N–H and O–H groups in total. The summed E-state index contributed by atoms with van der Waals surface area (Å²) in [7, 11) is 1.53. The number of aliphatic hydroxyl groups excluding tert-OH is 1. The Labute approximate surface area is 221 Å². The number of aliphatic hydroxyl groups is 1. The Morgan fingerprint density at radius 2 is 1.61 bits per heavy atom. The fourth-order valence-corrected chi connectivity index (χ4v) is 4.83. The van der Waals surface area contributed by atoms with E-state index in [2.05, 4.69) is 4.90 Å². The van der Waals surface area contributed by atoms with E-state index in [9.17, 15) is 14.7 Å². The summed E-state index contributed by atoms with van der Waals surface area (Å²) in [5.41, 5.74) is 1.11. The van der Waals surface area contributed by atoms with Gasteiger partial charge in [0.25, 0.3) is 11.7 Å². The zero-order valence-electron chi connectivity index (χ0n) is 21.2. The molecular weight excluding hydrogens is 484 g/mol. The normalized spacial score (nSPS) is 19.5. The molecule has 0 aliphatic carbocycles. The third-order valence-electron chi connectivity index (χ3n) is 6.80. The number of hydrogen-bond donors (Lipinski definition) is 1. The van der Waals surface area contributed by atoms with E-state index in [0.717, 1.165) is 13.1 Å². The van der Waals surface area contributed by atoms with Crippen LogP contribution in [0, 0.1) is 0 Å². The van der Waals surface area contributed by atoms with Gasteiger partial charge in [0.05, 0.1) is 31.9 Å². The summed E-state index contributed by atoms with van der Waals surface area (Å²) < 4.78 is 16.8. The molecule has 2 fully saturated rings. The average Bonchev–Trinajstić information content (AvgIpc) is 3.22. The Hall–Kier alpha value is -4.14. The molecule has 0 saturated carbocycles. The highest BCUT2D eigenvalue weighted by Gasteiger charge is 2.46. The second-order valence-electron chi connectivity index (χ2n) is 9.17. The van der Waals surface area contributed by atoms with Gasteiger partial charge < -0.3 is 24.2 Å². The van der Waals surface area contributed by atoms with Crippen molar-refractivity contribution >= 4 is 17.4 Å². The Balaban J connectivity index is 1.54. The summed E-state index contributed by atoms with van der Waals surface area (Å²) in [5.74, 6) is 0.172. The van der Waals surface area contributed by atoms with Crippen molar-refractivity contribution in [2.75, 3.05) is 46.5 Å². The molecule has 2 aliphatic heterocycles. The number of methoxy groups -OCH3 is 1. The van der Waals surface area contributed by atoms with Gasteiger partial charge in [0.2, 0.25) is 0 Å². The van der Waals surface area contributed by atoms with Crippen molar-refractivity contribution in [2.45, 2.75) is 6.04 Å². The van der Waals surface area contributed by atoms with Crippen molar-refractivity contribution in [3.8, 4) is 17.2 Å². The zero-order chi connectivity index (χ0) is 26.5. The van der Waals surface area contributed by atoms with Crippen LogP contribution in [-0.4, -0.2) is 73.1 Å². The Bertz CT molecular complexity index is 1330. The zero-order valence-corrected chi connectivity index (χ0v) is 21.2. The molecule has 38 heavy (non-hydrogen) atoms. The lowest BCUT2D eigenvalue weighted by Crippen LogP contribution is -2.42. The van der Waals surface area contributed by atoms with Gasteiger partial charge in [-0.2, -0.15) is 0 Å². The number of likely N-dealkylation sites (tertiary alicyclic amines) is 1. The summed E-state index contributed by atoms with van der Waals surface area (Å²) in [6, 6.07) is 22.7. The molecule has 8 heteroatoms. The van der Waals surface area contributed by atoms with Crippen molar-refractivity contribution < 1.29 is 28.9 Å². The van der Waals surface area contributed by atoms with Gasteiger partial charge in [-0.15, -0.1) is 0 Å². The van der Waals surface area contributed by atoms with E-state index in [1.54, 1.807) is 29.2 Å². The third kappa shape index (κ3) is 5.41. The monoisotopic (exact) mass is 514 g/mol. The van der Waals surface area contributed by atoms with Gasteiger partial charge in [0.15, 0.2) is 0 Å². The quantitative estimate of drug-likeness (QED) is 0.273. The lowest BCUT2D eigenvalue weighted by molar-refractivity contribution is -0.140. The minimum absolute atomic E-state index is 0.0436. The molecule has 196 valence electrons. The first-order chi connectivity index (χ1) is 18.5. The van der Waals surface area contributed by atoms with Crippen molar-refractivity contribution in [2.24, 2.45) is 0 Å². The van der Waals surface area contributed by atoms with E-state index in [1.165, 1.54) is 7.11 Å². The summed E-state index contributed by atoms with van der Waals surface area (Å²) in [6.07, 6.45) is 0. The summed E-state index contributed by atoms with van der Waals surface area (Å²) in [4.78, 5) is 30.5. The van der Waals surface area contributed by atoms with Crippen LogP contribution in [0.1, 0.15) is 17.2 Å². The summed E-state index contributed by atoms with van der Waals surface area (Å²) >= 11 is 0. The molecule has 1 amide bonds. The SMILES string of the molecule is COc1cccc(/C(O)=C2\C(=O)C(=O)N(CCN3CCOCC3)C2c2cccc(Oc3ccccc3)c2)c1. The number of nitrogens with zero attached hydrogens (tertiary/aromatic N) is 2. The van der Waals surface area contributed by atoms with Crippen molar-refractivity contribution in [1.82, 2.24) is 9.80 Å². The van der Waals surface area contributed by atoms with Crippen LogP contribution in [0.25, 0.3) is 5.76 Å². The maximum absolute atomic E-state index is 13.4. The number of ketones is 1. The van der Waals surface area contributed by atoms with Crippen LogP contribution in [0.4, 0.5) is 0 Å². The lowest BCUT2D eigenvalue weighted by atomic mass is 9.95.